The van der Waals surface area contributed by atoms with Gasteiger partial charge in [-0.15, -0.1) is 0 Å². The Hall–Kier alpha value is -2.02. The fourth-order valence-electron chi connectivity index (χ4n) is 5.12. The number of carbonyl (C=O) groups excluding carboxylic acids is 3. The van der Waals surface area contributed by atoms with Crippen LogP contribution in [0, 0.1) is 11.1 Å². The lowest BCUT2D eigenvalue weighted by molar-refractivity contribution is -0.515. The summed E-state index contributed by atoms with van der Waals surface area (Å²) in [5.74, 6) is 0.334. The number of ether oxygens (including phenoxy) is 1. The number of rotatable bonds is 16. The molecule has 3 unspecified atom stereocenters. The number of hydroxylamine groups is 1. The molecule has 0 radical (unpaired) electrons. The molecule has 0 spiro atoms. The van der Waals surface area contributed by atoms with Crippen LogP contribution in [0.4, 0.5) is 9.59 Å². The Kier molecular flexibility index (Phi) is 11.8. The molecule has 222 valence electrons. The molecule has 3 heterocycles. The second-order valence-corrected chi connectivity index (χ2v) is 13.7. The first kappa shape index (κ1) is 31.5. The number of hydrogen-bond acceptors (Lipinski definition) is 9. The minimum Gasteiger partial charge on any atom is -0.623 e. The summed E-state index contributed by atoms with van der Waals surface area (Å²) in [5.41, 5.74) is 0. The lowest BCUT2D eigenvalue weighted by atomic mass is 10.0. The molecule has 4 amide bonds. The number of carbonyl (C=O) groups is 3. The van der Waals surface area contributed by atoms with E-state index in [1.54, 1.807) is 13.8 Å². The molecule has 5 atom stereocenters. The summed E-state index contributed by atoms with van der Waals surface area (Å²) in [5, 5.41) is 22.9. The monoisotopic (exact) mass is 591 g/mol. The van der Waals surface area contributed by atoms with Gasteiger partial charge in [-0.1, -0.05) is 6.42 Å². The van der Waals surface area contributed by atoms with Gasteiger partial charge >= 0.3 is 19.7 Å². The standard InChI is InChI=1S/C24H42N5O8PS/c1-4-36-38(34,37-5-2)24(3)17(11-14-29(24)33)15-35-23(32)26-13-8-12-25-20(30)10-7-6-9-19-21-18(16-39-19)27-22(31)28-21/h14,17-19,21H,4-13,15-16H2,1-3H3,(H,25,30)(H,26,32)(H2,27,28,31)/t17-,18?,19?,21?,24+/m1/s1. The fraction of sp³-hybridized carbons (Fsp3) is 0.833. The van der Waals surface area contributed by atoms with Gasteiger partial charge in [0.1, 0.15) is 6.61 Å². The number of urea groups is 1. The van der Waals surface area contributed by atoms with Crippen LogP contribution in [0.5, 0.6) is 0 Å². The lowest BCUT2D eigenvalue weighted by Crippen LogP contribution is -2.43. The molecular formula is C24H42N5O8PS. The van der Waals surface area contributed by atoms with Crippen LogP contribution in [0.15, 0.2) is 0 Å². The van der Waals surface area contributed by atoms with Crippen LogP contribution in [-0.4, -0.2) is 90.3 Å². The third kappa shape index (κ3) is 7.80. The van der Waals surface area contributed by atoms with Crippen LogP contribution in [0.3, 0.4) is 0 Å². The Bertz CT molecular complexity index is 945. The molecule has 2 saturated heterocycles. The molecule has 15 heteroatoms. The third-order valence-electron chi connectivity index (χ3n) is 7.37. The molecule has 13 nitrogen and oxygen atoms in total. The number of nitrogens with one attached hydrogen (secondary N) is 4. The molecule has 0 bridgehead atoms. The molecule has 39 heavy (non-hydrogen) atoms. The topological polar surface area (TPSA) is 170 Å². The minimum atomic E-state index is -3.80. The van der Waals surface area contributed by atoms with Crippen molar-refractivity contribution in [3.05, 3.63) is 5.21 Å². The Balaban J connectivity index is 1.26. The molecule has 3 rings (SSSR count). The van der Waals surface area contributed by atoms with E-state index in [1.165, 1.54) is 13.1 Å². The molecule has 2 fully saturated rings. The van der Waals surface area contributed by atoms with E-state index >= 15 is 0 Å². The minimum absolute atomic E-state index is 0.0303. The van der Waals surface area contributed by atoms with Gasteiger partial charge < -0.3 is 40.3 Å². The van der Waals surface area contributed by atoms with Gasteiger partial charge in [0.15, 0.2) is 6.21 Å². The number of nitrogens with zero attached hydrogens (tertiary/aromatic N) is 1. The Morgan fingerprint density at radius 1 is 1.18 bits per heavy atom. The van der Waals surface area contributed by atoms with Crippen molar-refractivity contribution >= 4 is 43.6 Å². The SMILES string of the molecule is CCOP(=O)(OCC)[C@@]1(C)[C@@H](COC(=O)NCCCNC(=O)CCCCC2SCC3NC(=O)NC32)CC=[N+]1[O-]. The molecule has 4 N–H and O–H groups in total. The predicted octanol–water partition coefficient (Wildman–Crippen LogP) is 2.53. The van der Waals surface area contributed by atoms with Crippen molar-refractivity contribution in [1.29, 1.82) is 0 Å². The highest BCUT2D eigenvalue weighted by molar-refractivity contribution is 8.00. The van der Waals surface area contributed by atoms with Gasteiger partial charge in [-0.3, -0.25) is 9.36 Å². The highest BCUT2D eigenvalue weighted by atomic mass is 32.2. The van der Waals surface area contributed by atoms with Crippen LogP contribution in [0.25, 0.3) is 0 Å². The van der Waals surface area contributed by atoms with Crippen molar-refractivity contribution in [2.75, 3.05) is 38.7 Å². The summed E-state index contributed by atoms with van der Waals surface area (Å²) < 4.78 is 30.1. The predicted molar refractivity (Wildman–Crippen MR) is 148 cm³/mol. The normalized spacial score (nSPS) is 27.9. The zero-order chi connectivity index (χ0) is 28.5. The Morgan fingerprint density at radius 3 is 2.62 bits per heavy atom. The van der Waals surface area contributed by atoms with E-state index in [0.29, 0.717) is 35.9 Å². The molecule has 3 aliphatic heterocycles. The Labute approximate surface area is 234 Å². The van der Waals surface area contributed by atoms with E-state index in [1.807, 2.05) is 11.8 Å². The van der Waals surface area contributed by atoms with Crippen LogP contribution < -0.4 is 21.3 Å². The van der Waals surface area contributed by atoms with Crippen LogP contribution in [-0.2, 0) is 23.1 Å². The van der Waals surface area contributed by atoms with Crippen molar-refractivity contribution in [3.63, 3.8) is 0 Å². The number of thioether (sulfide) groups is 1. The number of hydrogen-bond donors (Lipinski definition) is 4. The van der Waals surface area contributed by atoms with Crippen molar-refractivity contribution < 1.29 is 37.5 Å². The average Bonchev–Trinajstić information content (AvgIpc) is 3.54. The molecule has 3 aliphatic rings. The zero-order valence-electron chi connectivity index (χ0n) is 22.9. The van der Waals surface area contributed by atoms with Gasteiger partial charge in [0.2, 0.25) is 5.91 Å². The maximum Gasteiger partial charge on any atom is 0.407 e. The smallest absolute Gasteiger partial charge is 0.407 e. The second-order valence-electron chi connectivity index (χ2n) is 9.96. The molecule has 0 aromatic carbocycles. The molecule has 0 aromatic heterocycles. The summed E-state index contributed by atoms with van der Waals surface area (Å²) in [4.78, 5) is 35.7. The third-order valence-corrected chi connectivity index (χ3v) is 11.7. The summed E-state index contributed by atoms with van der Waals surface area (Å²) in [6.45, 7) is 5.69. The second kappa shape index (κ2) is 14.6. The lowest BCUT2D eigenvalue weighted by Gasteiger charge is -2.34. The van der Waals surface area contributed by atoms with E-state index in [-0.39, 0.29) is 50.3 Å². The van der Waals surface area contributed by atoms with E-state index in [0.717, 1.165) is 25.0 Å². The van der Waals surface area contributed by atoms with E-state index < -0.39 is 24.9 Å². The van der Waals surface area contributed by atoms with Crippen molar-refractivity contribution in [3.8, 4) is 0 Å². The van der Waals surface area contributed by atoms with E-state index in [4.69, 9.17) is 13.8 Å². The summed E-state index contributed by atoms with van der Waals surface area (Å²) in [6, 6.07) is 0.311. The Morgan fingerprint density at radius 2 is 1.90 bits per heavy atom. The van der Waals surface area contributed by atoms with Crippen LogP contribution in [0.1, 0.15) is 59.3 Å². The number of fused-ring (bicyclic) bond motifs is 1. The van der Waals surface area contributed by atoms with Crippen molar-refractivity contribution in [2.24, 2.45) is 5.92 Å². The maximum atomic E-state index is 13.4. The summed E-state index contributed by atoms with van der Waals surface area (Å²) >= 11 is 1.87. The van der Waals surface area contributed by atoms with E-state index in [9.17, 15) is 24.2 Å². The summed E-state index contributed by atoms with van der Waals surface area (Å²) in [7, 11) is -3.80. The summed E-state index contributed by atoms with van der Waals surface area (Å²) in [6.07, 6.45) is 4.62. The largest absolute Gasteiger partial charge is 0.623 e. The average molecular weight is 592 g/mol. The zero-order valence-corrected chi connectivity index (χ0v) is 24.7. The van der Waals surface area contributed by atoms with Crippen molar-refractivity contribution in [2.45, 2.75) is 81.9 Å². The molecular weight excluding hydrogens is 549 g/mol. The van der Waals surface area contributed by atoms with E-state index in [2.05, 4.69) is 21.3 Å². The quantitative estimate of drug-likeness (QED) is 0.0692. The number of amides is 4. The van der Waals surface area contributed by atoms with Crippen LogP contribution in [0.2, 0.25) is 0 Å². The van der Waals surface area contributed by atoms with Gasteiger partial charge in [0.25, 0.3) is 5.28 Å². The first-order valence-electron chi connectivity index (χ1n) is 13.7. The van der Waals surface area contributed by atoms with Crippen LogP contribution >= 0.6 is 19.4 Å². The fourth-order valence-corrected chi connectivity index (χ4v) is 8.89. The molecule has 0 aromatic rings. The van der Waals surface area contributed by atoms with Gasteiger partial charge in [0.05, 0.1) is 31.2 Å². The number of unbranched alkanes of at least 4 members (excludes halogenated alkanes) is 1. The molecule has 0 aliphatic carbocycles. The van der Waals surface area contributed by atoms with Gasteiger partial charge in [0, 0.05) is 43.9 Å². The maximum absolute atomic E-state index is 13.4. The highest BCUT2D eigenvalue weighted by Crippen LogP contribution is 2.64. The first-order valence-corrected chi connectivity index (χ1v) is 16.3. The van der Waals surface area contributed by atoms with Gasteiger partial charge in [-0.05, 0) is 33.1 Å². The van der Waals surface area contributed by atoms with Crippen molar-refractivity contribution in [1.82, 2.24) is 21.3 Å². The number of alkyl carbamates (subject to hydrolysis) is 1. The van der Waals surface area contributed by atoms with Gasteiger partial charge in [-0.25, -0.2) is 9.59 Å². The van der Waals surface area contributed by atoms with Gasteiger partial charge in [-0.2, -0.15) is 16.5 Å². The first-order chi connectivity index (χ1) is 18.6. The molecule has 0 saturated carbocycles. The highest BCUT2D eigenvalue weighted by Gasteiger charge is 2.63.